The normalized spacial score (nSPS) is 19.4. The van der Waals surface area contributed by atoms with Crippen LogP contribution in [0, 0.1) is 12.8 Å². The van der Waals surface area contributed by atoms with Crippen LogP contribution in [0.5, 0.6) is 17.2 Å². The topological polar surface area (TPSA) is 102 Å². The van der Waals surface area contributed by atoms with Gasteiger partial charge in [-0.2, -0.15) is 0 Å². The van der Waals surface area contributed by atoms with E-state index in [0.29, 0.717) is 53.9 Å². The quantitative estimate of drug-likeness (QED) is 0.257. The minimum absolute atomic E-state index is 0.0498. The van der Waals surface area contributed by atoms with Gasteiger partial charge in [0.15, 0.2) is 11.5 Å². The minimum Gasteiger partial charge on any atom is -0.872 e. The summed E-state index contributed by atoms with van der Waals surface area (Å²) in [5.74, 6) is 0.140. The molecule has 1 amide bonds. The Balaban J connectivity index is 1.71. The Morgan fingerprint density at radius 1 is 1.05 bits per heavy atom. The van der Waals surface area contributed by atoms with Crippen molar-refractivity contribution in [2.24, 2.45) is 5.92 Å². The lowest BCUT2D eigenvalue weighted by Crippen LogP contribution is -3.14. The van der Waals surface area contributed by atoms with Crippen LogP contribution in [0.2, 0.25) is 0 Å². The molecule has 2 saturated heterocycles. The Labute approximate surface area is 236 Å². The number of Topliss-reactive ketones (excluding diaryl/α,β-unsaturated/α-hetero) is 1. The monoisotopic (exact) mass is 552 g/mol. The molecule has 4 rings (SSSR count). The Morgan fingerprint density at radius 2 is 1.75 bits per heavy atom. The van der Waals surface area contributed by atoms with Gasteiger partial charge in [0.2, 0.25) is 5.78 Å². The summed E-state index contributed by atoms with van der Waals surface area (Å²) in [6, 6.07) is 9.54. The van der Waals surface area contributed by atoms with Crippen LogP contribution in [0.4, 0.5) is 0 Å². The summed E-state index contributed by atoms with van der Waals surface area (Å²) in [7, 11) is 3.06. The van der Waals surface area contributed by atoms with E-state index in [-0.39, 0.29) is 5.57 Å². The first-order valence-electron chi connectivity index (χ1n) is 13.9. The lowest BCUT2D eigenvalue weighted by molar-refractivity contribution is -0.908. The molecule has 0 aromatic heterocycles. The second kappa shape index (κ2) is 13.2. The first kappa shape index (κ1) is 29.4. The SMILES string of the molecule is COc1ccc(C2/C(=C(\[O-])c3ccc(OCC(C)C)c(C)c3)C(=O)C(=O)N2CCC[NH+]2CCOCC2)cc1OC. The molecule has 2 aromatic carbocycles. The molecule has 0 spiro atoms. The fourth-order valence-electron chi connectivity index (χ4n) is 5.24. The second-order valence-electron chi connectivity index (χ2n) is 10.7. The number of hydrogen-bond donors (Lipinski definition) is 1. The number of nitrogens with zero attached hydrogens (tertiary/aromatic N) is 1. The number of rotatable bonds is 11. The summed E-state index contributed by atoms with van der Waals surface area (Å²) in [5, 5.41) is 13.9. The van der Waals surface area contributed by atoms with E-state index in [1.165, 1.54) is 16.9 Å². The Morgan fingerprint density at radius 3 is 2.40 bits per heavy atom. The van der Waals surface area contributed by atoms with Gasteiger partial charge in [0.1, 0.15) is 18.8 Å². The number of ether oxygens (including phenoxy) is 4. The van der Waals surface area contributed by atoms with Crippen molar-refractivity contribution in [3.8, 4) is 17.2 Å². The Kier molecular flexibility index (Phi) is 9.71. The molecular weight excluding hydrogens is 512 g/mol. The van der Waals surface area contributed by atoms with Crippen LogP contribution in [0.3, 0.4) is 0 Å². The zero-order valence-corrected chi connectivity index (χ0v) is 24.1. The van der Waals surface area contributed by atoms with Crippen LogP contribution in [0.1, 0.15) is 43.0 Å². The van der Waals surface area contributed by atoms with Gasteiger partial charge >= 0.3 is 0 Å². The average molecular weight is 553 g/mol. The van der Waals surface area contributed by atoms with Crippen molar-refractivity contribution < 1.29 is 38.5 Å². The smallest absolute Gasteiger partial charge is 0.295 e. The molecule has 0 saturated carbocycles. The predicted molar refractivity (Wildman–Crippen MR) is 148 cm³/mol. The van der Waals surface area contributed by atoms with Crippen LogP contribution in [0.25, 0.3) is 5.76 Å². The second-order valence-corrected chi connectivity index (χ2v) is 10.7. The number of amides is 1. The van der Waals surface area contributed by atoms with E-state index in [1.54, 1.807) is 43.5 Å². The van der Waals surface area contributed by atoms with Crippen molar-refractivity contribution in [2.75, 3.05) is 60.2 Å². The highest BCUT2D eigenvalue weighted by Crippen LogP contribution is 2.41. The highest BCUT2D eigenvalue weighted by molar-refractivity contribution is 6.46. The highest BCUT2D eigenvalue weighted by atomic mass is 16.5. The molecule has 2 aliphatic heterocycles. The number of likely N-dealkylation sites (tertiary alicyclic amines) is 1. The Bertz CT molecular complexity index is 1250. The maximum Gasteiger partial charge on any atom is 0.295 e. The van der Waals surface area contributed by atoms with Crippen LogP contribution < -0.4 is 24.2 Å². The van der Waals surface area contributed by atoms with E-state index >= 15 is 0 Å². The number of hydrogen-bond acceptors (Lipinski definition) is 7. The summed E-state index contributed by atoms with van der Waals surface area (Å²) >= 11 is 0. The van der Waals surface area contributed by atoms with Crippen molar-refractivity contribution >= 4 is 17.4 Å². The summed E-state index contributed by atoms with van der Waals surface area (Å²) in [6.45, 7) is 11.0. The zero-order chi connectivity index (χ0) is 28.8. The third-order valence-corrected chi connectivity index (χ3v) is 7.39. The van der Waals surface area contributed by atoms with Gasteiger partial charge in [0, 0.05) is 18.5 Å². The molecule has 40 heavy (non-hydrogen) atoms. The molecule has 0 aliphatic carbocycles. The van der Waals surface area contributed by atoms with E-state index < -0.39 is 23.5 Å². The largest absolute Gasteiger partial charge is 0.872 e. The van der Waals surface area contributed by atoms with E-state index in [9.17, 15) is 14.7 Å². The number of carbonyl (C=O) groups excluding carboxylic acids is 2. The third kappa shape index (κ3) is 6.42. The third-order valence-electron chi connectivity index (χ3n) is 7.39. The molecule has 2 fully saturated rings. The molecule has 1 unspecified atom stereocenters. The molecule has 2 aromatic rings. The number of quaternary nitrogens is 1. The van der Waals surface area contributed by atoms with Gasteiger partial charge in [-0.3, -0.25) is 9.59 Å². The summed E-state index contributed by atoms with van der Waals surface area (Å²) in [5.41, 5.74) is 1.70. The molecule has 2 aliphatic rings. The number of benzene rings is 2. The van der Waals surface area contributed by atoms with E-state index in [1.807, 2.05) is 6.92 Å². The van der Waals surface area contributed by atoms with Crippen molar-refractivity contribution in [3.05, 3.63) is 58.7 Å². The molecule has 2 heterocycles. The molecular formula is C31H40N2O7. The maximum absolute atomic E-state index is 13.9. The number of methoxy groups -OCH3 is 2. The van der Waals surface area contributed by atoms with Crippen LogP contribution in [-0.4, -0.2) is 76.8 Å². The van der Waals surface area contributed by atoms with Crippen molar-refractivity contribution in [1.82, 2.24) is 4.90 Å². The maximum atomic E-state index is 13.9. The minimum atomic E-state index is -0.829. The number of nitrogens with one attached hydrogen (secondary N) is 1. The molecule has 1 atom stereocenters. The van der Waals surface area contributed by atoms with Gasteiger partial charge in [0.05, 0.1) is 46.6 Å². The number of ketones is 1. The molecule has 0 radical (unpaired) electrons. The van der Waals surface area contributed by atoms with E-state index in [0.717, 1.165) is 38.4 Å². The predicted octanol–water partition coefficient (Wildman–Crippen LogP) is 1.58. The van der Waals surface area contributed by atoms with Gasteiger partial charge in [-0.05, 0) is 53.8 Å². The van der Waals surface area contributed by atoms with Crippen LogP contribution in [0.15, 0.2) is 42.0 Å². The van der Waals surface area contributed by atoms with Crippen LogP contribution >= 0.6 is 0 Å². The zero-order valence-electron chi connectivity index (χ0n) is 24.1. The van der Waals surface area contributed by atoms with Gasteiger partial charge in [-0.15, -0.1) is 0 Å². The fourth-order valence-corrected chi connectivity index (χ4v) is 5.24. The molecule has 1 N–H and O–H groups in total. The standard InChI is InChI=1S/C31H40N2O7/c1-20(2)19-40-24-9-8-23(17-21(24)3)29(34)27-28(22-7-10-25(37-4)26(18-22)38-5)33(31(36)30(27)35)12-6-11-32-13-15-39-16-14-32/h7-10,17-18,20,28,34H,6,11-16,19H2,1-5H3/b29-27+. The van der Waals surface area contributed by atoms with Gasteiger partial charge in [-0.25, -0.2) is 0 Å². The number of morpholine rings is 1. The van der Waals surface area contributed by atoms with Crippen molar-refractivity contribution in [2.45, 2.75) is 33.2 Å². The summed E-state index contributed by atoms with van der Waals surface area (Å²) in [6.07, 6.45) is 0.695. The lowest BCUT2D eigenvalue weighted by Gasteiger charge is -2.29. The fraction of sp³-hybridized carbons (Fsp3) is 0.484. The van der Waals surface area contributed by atoms with Crippen LogP contribution in [-0.2, 0) is 14.3 Å². The molecule has 0 bridgehead atoms. The van der Waals surface area contributed by atoms with Crippen molar-refractivity contribution in [3.63, 3.8) is 0 Å². The summed E-state index contributed by atoms with van der Waals surface area (Å²) in [4.78, 5) is 29.7. The average Bonchev–Trinajstić information content (AvgIpc) is 3.21. The number of carbonyl (C=O) groups is 2. The van der Waals surface area contributed by atoms with Gasteiger partial charge < -0.3 is 33.9 Å². The van der Waals surface area contributed by atoms with Gasteiger partial charge in [-0.1, -0.05) is 31.7 Å². The lowest BCUT2D eigenvalue weighted by atomic mass is 9.94. The molecule has 9 heteroatoms. The Hall–Kier alpha value is -3.56. The molecule has 9 nitrogen and oxygen atoms in total. The number of aryl methyl sites for hydroxylation is 1. The van der Waals surface area contributed by atoms with E-state index in [4.69, 9.17) is 18.9 Å². The first-order valence-corrected chi connectivity index (χ1v) is 13.9. The highest BCUT2D eigenvalue weighted by Gasteiger charge is 2.44. The van der Waals surface area contributed by atoms with Gasteiger partial charge in [0.25, 0.3) is 5.91 Å². The first-order chi connectivity index (χ1) is 19.2. The van der Waals surface area contributed by atoms with Crippen molar-refractivity contribution in [1.29, 1.82) is 0 Å². The van der Waals surface area contributed by atoms with E-state index in [2.05, 4.69) is 13.8 Å². The molecule has 216 valence electrons. The summed E-state index contributed by atoms with van der Waals surface area (Å²) < 4.78 is 22.2.